The summed E-state index contributed by atoms with van der Waals surface area (Å²) in [6.45, 7) is 2.53. The van der Waals surface area contributed by atoms with E-state index in [1.807, 2.05) is 0 Å². The summed E-state index contributed by atoms with van der Waals surface area (Å²) in [5.74, 6) is 4.46. The van der Waals surface area contributed by atoms with Gasteiger partial charge in [-0.3, -0.25) is 0 Å². The first kappa shape index (κ1) is 11.7. The molecule has 0 spiro atoms. The molecule has 0 amide bonds. The largest absolute Gasteiger partial charge is 0.314 e. The van der Waals surface area contributed by atoms with Gasteiger partial charge in [0.05, 0.1) is 0 Å². The average molecular weight is 248 g/mol. The highest BCUT2D eigenvalue weighted by Gasteiger charge is 2.64. The molecule has 5 unspecified atom stereocenters. The van der Waals surface area contributed by atoms with E-state index in [2.05, 4.69) is 10.6 Å². The summed E-state index contributed by atoms with van der Waals surface area (Å²) < 4.78 is 0. The van der Waals surface area contributed by atoms with E-state index < -0.39 is 0 Å². The number of nitrogens with one attached hydrogen (secondary N) is 2. The molecule has 3 saturated carbocycles. The Kier molecular flexibility index (Phi) is 3.12. The summed E-state index contributed by atoms with van der Waals surface area (Å²) in [6, 6.07) is 1.77. The molecule has 4 rings (SSSR count). The van der Waals surface area contributed by atoms with Crippen LogP contribution in [0.1, 0.15) is 51.4 Å². The number of rotatable bonds is 5. The van der Waals surface area contributed by atoms with Crippen LogP contribution < -0.4 is 10.6 Å². The van der Waals surface area contributed by atoms with Crippen molar-refractivity contribution >= 4 is 0 Å². The molecule has 2 heteroatoms. The number of piperidine rings is 1. The van der Waals surface area contributed by atoms with Gasteiger partial charge in [0.1, 0.15) is 0 Å². The highest BCUT2D eigenvalue weighted by molar-refractivity contribution is 5.16. The molecule has 4 aliphatic rings. The lowest BCUT2D eigenvalue weighted by molar-refractivity contribution is 0.369. The third kappa shape index (κ3) is 2.02. The summed E-state index contributed by atoms with van der Waals surface area (Å²) in [4.78, 5) is 0. The van der Waals surface area contributed by atoms with Gasteiger partial charge in [0.25, 0.3) is 0 Å². The molecule has 1 heterocycles. The Morgan fingerprint density at radius 3 is 2.56 bits per heavy atom. The Labute approximate surface area is 111 Å². The zero-order chi connectivity index (χ0) is 11.9. The second-order valence-corrected chi connectivity index (χ2v) is 7.26. The maximum atomic E-state index is 3.87. The fourth-order valence-corrected chi connectivity index (χ4v) is 5.39. The molecule has 2 bridgehead atoms. The first-order valence-electron chi connectivity index (χ1n) is 8.40. The number of hydrogen-bond donors (Lipinski definition) is 2. The summed E-state index contributed by atoms with van der Waals surface area (Å²) in [6.07, 6.45) is 11.7. The lowest BCUT2D eigenvalue weighted by atomic mass is 10.0. The molecule has 0 aromatic heterocycles. The van der Waals surface area contributed by atoms with Crippen molar-refractivity contribution in [2.24, 2.45) is 23.7 Å². The van der Waals surface area contributed by atoms with E-state index in [1.165, 1.54) is 45.2 Å². The summed E-state index contributed by atoms with van der Waals surface area (Å²) in [5, 5.41) is 7.53. The minimum Gasteiger partial charge on any atom is -0.314 e. The summed E-state index contributed by atoms with van der Waals surface area (Å²) >= 11 is 0. The van der Waals surface area contributed by atoms with Crippen LogP contribution in [0.2, 0.25) is 0 Å². The van der Waals surface area contributed by atoms with Crippen molar-refractivity contribution in [1.29, 1.82) is 0 Å². The third-order valence-electron chi connectivity index (χ3n) is 6.26. The van der Waals surface area contributed by atoms with Crippen molar-refractivity contribution in [3.8, 4) is 0 Å². The third-order valence-corrected chi connectivity index (χ3v) is 6.26. The molecular weight excluding hydrogens is 220 g/mol. The molecule has 0 aromatic carbocycles. The first-order chi connectivity index (χ1) is 8.93. The Hall–Kier alpha value is -0.0800. The number of fused-ring (bicyclic) bond motifs is 5. The minimum atomic E-state index is 0.829. The lowest BCUT2D eigenvalue weighted by Gasteiger charge is -2.23. The van der Waals surface area contributed by atoms with Gasteiger partial charge >= 0.3 is 0 Å². The van der Waals surface area contributed by atoms with Crippen molar-refractivity contribution in [3.05, 3.63) is 0 Å². The van der Waals surface area contributed by atoms with Crippen molar-refractivity contribution in [1.82, 2.24) is 10.6 Å². The summed E-state index contributed by atoms with van der Waals surface area (Å²) in [5.41, 5.74) is 0. The molecule has 2 N–H and O–H groups in total. The normalized spacial score (nSPS) is 49.3. The van der Waals surface area contributed by atoms with Crippen LogP contribution in [-0.4, -0.2) is 25.2 Å². The fraction of sp³-hybridized carbons (Fsp3) is 1.00. The van der Waals surface area contributed by atoms with Crippen LogP contribution in [0.3, 0.4) is 0 Å². The standard InChI is InChI=1S/C16H28N2/c1-2-8-17-13(4-1)5-3-9-18-16-14-11-6-7-12(10-11)15(14)16/h11-18H,1-10H2. The SMILES string of the molecule is C1CCC(CCCNC2C3C4CCC(C4)C23)NC1. The Morgan fingerprint density at radius 1 is 1.00 bits per heavy atom. The molecular formula is C16H28N2. The van der Waals surface area contributed by atoms with Gasteiger partial charge in [0.15, 0.2) is 0 Å². The molecule has 1 aliphatic heterocycles. The van der Waals surface area contributed by atoms with E-state index in [4.69, 9.17) is 0 Å². The minimum absolute atomic E-state index is 0.829. The van der Waals surface area contributed by atoms with Crippen molar-refractivity contribution < 1.29 is 0 Å². The predicted octanol–water partition coefficient (Wildman–Crippen LogP) is 2.54. The van der Waals surface area contributed by atoms with Crippen LogP contribution in [-0.2, 0) is 0 Å². The van der Waals surface area contributed by atoms with Crippen molar-refractivity contribution in [2.75, 3.05) is 13.1 Å². The smallest absolute Gasteiger partial charge is 0.0135 e. The van der Waals surface area contributed by atoms with E-state index in [-0.39, 0.29) is 0 Å². The zero-order valence-electron chi connectivity index (χ0n) is 11.5. The van der Waals surface area contributed by atoms with Gasteiger partial charge < -0.3 is 10.6 Å². The van der Waals surface area contributed by atoms with Gasteiger partial charge in [-0.2, -0.15) is 0 Å². The van der Waals surface area contributed by atoms with E-state index in [9.17, 15) is 0 Å². The first-order valence-corrected chi connectivity index (χ1v) is 8.40. The van der Waals surface area contributed by atoms with Crippen LogP contribution >= 0.6 is 0 Å². The predicted molar refractivity (Wildman–Crippen MR) is 74.5 cm³/mol. The fourth-order valence-electron chi connectivity index (χ4n) is 5.39. The van der Waals surface area contributed by atoms with E-state index >= 15 is 0 Å². The van der Waals surface area contributed by atoms with Gasteiger partial charge in [0.2, 0.25) is 0 Å². The van der Waals surface area contributed by atoms with E-state index in [1.54, 1.807) is 19.3 Å². The quantitative estimate of drug-likeness (QED) is 0.731. The maximum Gasteiger partial charge on any atom is 0.0135 e. The second kappa shape index (κ2) is 4.79. The van der Waals surface area contributed by atoms with Crippen molar-refractivity contribution in [2.45, 2.75) is 63.5 Å². The molecule has 1 saturated heterocycles. The van der Waals surface area contributed by atoms with Crippen LogP contribution in [0, 0.1) is 23.7 Å². The Bertz CT molecular complexity index is 281. The molecule has 2 nitrogen and oxygen atoms in total. The van der Waals surface area contributed by atoms with Crippen LogP contribution in [0.25, 0.3) is 0 Å². The number of hydrogen-bond acceptors (Lipinski definition) is 2. The molecule has 0 aromatic rings. The molecule has 4 fully saturated rings. The van der Waals surface area contributed by atoms with E-state index in [0.717, 1.165) is 35.8 Å². The average Bonchev–Trinajstić information content (AvgIpc) is 2.81. The lowest BCUT2D eigenvalue weighted by Crippen LogP contribution is -2.34. The van der Waals surface area contributed by atoms with E-state index in [0.29, 0.717) is 0 Å². The van der Waals surface area contributed by atoms with Gasteiger partial charge in [-0.1, -0.05) is 6.42 Å². The van der Waals surface area contributed by atoms with Gasteiger partial charge in [-0.05, 0) is 81.7 Å². The van der Waals surface area contributed by atoms with Crippen LogP contribution in [0.4, 0.5) is 0 Å². The van der Waals surface area contributed by atoms with Gasteiger partial charge in [-0.25, -0.2) is 0 Å². The van der Waals surface area contributed by atoms with Crippen molar-refractivity contribution in [3.63, 3.8) is 0 Å². The zero-order valence-corrected chi connectivity index (χ0v) is 11.5. The highest BCUT2D eigenvalue weighted by atomic mass is 15.0. The topological polar surface area (TPSA) is 24.1 Å². The molecule has 18 heavy (non-hydrogen) atoms. The maximum absolute atomic E-state index is 3.87. The van der Waals surface area contributed by atoms with Crippen LogP contribution in [0.5, 0.6) is 0 Å². The molecule has 5 atom stereocenters. The molecule has 3 aliphatic carbocycles. The van der Waals surface area contributed by atoms with Gasteiger partial charge in [0, 0.05) is 12.1 Å². The Balaban J connectivity index is 1.14. The Morgan fingerprint density at radius 2 is 1.83 bits per heavy atom. The molecule has 0 radical (unpaired) electrons. The second-order valence-electron chi connectivity index (χ2n) is 7.26. The summed E-state index contributed by atoms with van der Waals surface area (Å²) in [7, 11) is 0. The van der Waals surface area contributed by atoms with Crippen LogP contribution in [0.15, 0.2) is 0 Å². The highest BCUT2D eigenvalue weighted by Crippen LogP contribution is 2.65. The van der Waals surface area contributed by atoms with Gasteiger partial charge in [-0.15, -0.1) is 0 Å². The monoisotopic (exact) mass is 248 g/mol. The molecule has 102 valence electrons.